The van der Waals surface area contributed by atoms with Crippen LogP contribution in [0.2, 0.25) is 20.1 Å². The van der Waals surface area contributed by atoms with Crippen molar-refractivity contribution in [2.24, 2.45) is 0 Å². The predicted octanol–water partition coefficient (Wildman–Crippen LogP) is 5.80. The SMILES string of the molecule is CNC(Cc1cc(Cl)ccc1Cl)c1cccc(Cl)c1Cl. The second kappa shape index (κ2) is 7.02. The molecule has 0 aliphatic heterocycles. The number of halogens is 4. The van der Waals surface area contributed by atoms with Crippen LogP contribution in [0.5, 0.6) is 0 Å². The first kappa shape index (κ1) is 15.9. The maximum absolute atomic E-state index is 6.27. The lowest BCUT2D eigenvalue weighted by molar-refractivity contribution is 0.592. The summed E-state index contributed by atoms with van der Waals surface area (Å²) in [6.07, 6.45) is 0.677. The minimum atomic E-state index is 0.0113. The van der Waals surface area contributed by atoms with Gasteiger partial charge in [-0.05, 0) is 48.9 Å². The van der Waals surface area contributed by atoms with Crippen molar-refractivity contribution in [3.63, 3.8) is 0 Å². The topological polar surface area (TPSA) is 12.0 Å². The van der Waals surface area contributed by atoms with E-state index in [9.17, 15) is 0 Å². The van der Waals surface area contributed by atoms with E-state index in [0.29, 0.717) is 26.5 Å². The van der Waals surface area contributed by atoms with Crippen molar-refractivity contribution in [1.29, 1.82) is 0 Å². The molecule has 1 nitrogen and oxygen atoms in total. The number of hydrogen-bond acceptors (Lipinski definition) is 1. The molecule has 106 valence electrons. The van der Waals surface area contributed by atoms with Gasteiger partial charge >= 0.3 is 0 Å². The molecule has 0 aliphatic rings. The molecule has 0 saturated heterocycles. The number of rotatable bonds is 4. The maximum atomic E-state index is 6.27. The zero-order valence-corrected chi connectivity index (χ0v) is 13.8. The molecule has 1 N–H and O–H groups in total. The Balaban J connectivity index is 2.34. The molecule has 0 saturated carbocycles. The highest BCUT2D eigenvalue weighted by molar-refractivity contribution is 6.42. The van der Waals surface area contributed by atoms with Gasteiger partial charge in [0.25, 0.3) is 0 Å². The fraction of sp³-hybridized carbons (Fsp3) is 0.200. The van der Waals surface area contributed by atoms with E-state index in [1.54, 1.807) is 18.2 Å². The highest BCUT2D eigenvalue weighted by Gasteiger charge is 2.16. The summed E-state index contributed by atoms with van der Waals surface area (Å²) in [5, 5.41) is 5.69. The lowest BCUT2D eigenvalue weighted by atomic mass is 9.99. The average Bonchev–Trinajstić information content (AvgIpc) is 2.43. The van der Waals surface area contributed by atoms with Gasteiger partial charge in [-0.15, -0.1) is 0 Å². The van der Waals surface area contributed by atoms with Crippen LogP contribution in [0, 0.1) is 0 Å². The van der Waals surface area contributed by atoms with Crippen molar-refractivity contribution in [1.82, 2.24) is 5.32 Å². The number of likely N-dealkylation sites (N-methyl/N-ethyl adjacent to an activating group) is 1. The van der Waals surface area contributed by atoms with Gasteiger partial charge in [-0.2, -0.15) is 0 Å². The third kappa shape index (κ3) is 3.60. The predicted molar refractivity (Wildman–Crippen MR) is 88.4 cm³/mol. The van der Waals surface area contributed by atoms with Crippen LogP contribution in [-0.4, -0.2) is 7.05 Å². The molecule has 1 unspecified atom stereocenters. The molecule has 1 atom stereocenters. The van der Waals surface area contributed by atoms with Crippen LogP contribution in [0.25, 0.3) is 0 Å². The van der Waals surface area contributed by atoms with E-state index in [1.165, 1.54) is 0 Å². The zero-order chi connectivity index (χ0) is 14.7. The summed E-state index contributed by atoms with van der Waals surface area (Å²) in [5.74, 6) is 0. The number of nitrogens with one attached hydrogen (secondary N) is 1. The Hall–Kier alpha value is -0.440. The molecule has 0 spiro atoms. The highest BCUT2D eigenvalue weighted by Crippen LogP contribution is 2.33. The molecule has 0 radical (unpaired) electrons. The second-order valence-corrected chi connectivity index (χ2v) is 6.05. The maximum Gasteiger partial charge on any atom is 0.0640 e. The summed E-state index contributed by atoms with van der Waals surface area (Å²) in [6.45, 7) is 0. The lowest BCUT2D eigenvalue weighted by Gasteiger charge is -2.19. The average molecular weight is 349 g/mol. The van der Waals surface area contributed by atoms with Crippen molar-refractivity contribution in [2.45, 2.75) is 12.5 Å². The second-order valence-electron chi connectivity index (χ2n) is 4.42. The molecule has 2 aromatic carbocycles. The van der Waals surface area contributed by atoms with Gasteiger partial charge in [0.2, 0.25) is 0 Å². The molecular formula is C15H13Cl4N. The van der Waals surface area contributed by atoms with Crippen LogP contribution < -0.4 is 5.32 Å². The Kier molecular flexibility index (Phi) is 5.59. The van der Waals surface area contributed by atoms with E-state index in [4.69, 9.17) is 46.4 Å². The lowest BCUT2D eigenvalue weighted by Crippen LogP contribution is -2.19. The van der Waals surface area contributed by atoms with Crippen LogP contribution in [0.4, 0.5) is 0 Å². The van der Waals surface area contributed by atoms with Crippen LogP contribution in [0.1, 0.15) is 17.2 Å². The van der Waals surface area contributed by atoms with Crippen molar-refractivity contribution in [3.05, 3.63) is 67.6 Å². The van der Waals surface area contributed by atoms with Crippen molar-refractivity contribution in [2.75, 3.05) is 7.05 Å². The summed E-state index contributed by atoms with van der Waals surface area (Å²) < 4.78 is 0. The summed E-state index contributed by atoms with van der Waals surface area (Å²) >= 11 is 24.6. The normalized spacial score (nSPS) is 12.4. The molecule has 0 fully saturated rings. The van der Waals surface area contributed by atoms with Gasteiger partial charge in [-0.3, -0.25) is 0 Å². The zero-order valence-electron chi connectivity index (χ0n) is 10.8. The van der Waals surface area contributed by atoms with Crippen molar-refractivity contribution >= 4 is 46.4 Å². The molecule has 0 heterocycles. The molecule has 0 amide bonds. The fourth-order valence-corrected chi connectivity index (χ4v) is 2.91. The highest BCUT2D eigenvalue weighted by atomic mass is 35.5. The van der Waals surface area contributed by atoms with Crippen LogP contribution >= 0.6 is 46.4 Å². The Morgan fingerprint density at radius 3 is 2.45 bits per heavy atom. The number of benzene rings is 2. The molecule has 0 aromatic heterocycles. The molecule has 0 bridgehead atoms. The van der Waals surface area contributed by atoms with Gasteiger partial charge in [0.05, 0.1) is 10.0 Å². The Morgan fingerprint density at radius 1 is 1.00 bits per heavy atom. The van der Waals surface area contributed by atoms with Crippen molar-refractivity contribution < 1.29 is 0 Å². The Morgan fingerprint density at radius 2 is 1.75 bits per heavy atom. The minimum Gasteiger partial charge on any atom is -0.313 e. The van der Waals surface area contributed by atoms with E-state index in [0.717, 1.165) is 11.1 Å². The minimum absolute atomic E-state index is 0.0113. The molecule has 2 rings (SSSR count). The van der Waals surface area contributed by atoms with Gasteiger partial charge in [-0.25, -0.2) is 0 Å². The summed E-state index contributed by atoms with van der Waals surface area (Å²) in [5.41, 5.74) is 1.91. The first-order valence-corrected chi connectivity index (χ1v) is 7.59. The van der Waals surface area contributed by atoms with Gasteiger partial charge < -0.3 is 5.32 Å². The van der Waals surface area contributed by atoms with E-state index < -0.39 is 0 Å². The summed E-state index contributed by atoms with van der Waals surface area (Å²) in [4.78, 5) is 0. The monoisotopic (exact) mass is 347 g/mol. The van der Waals surface area contributed by atoms with Crippen LogP contribution in [-0.2, 0) is 6.42 Å². The molecule has 0 aliphatic carbocycles. The van der Waals surface area contributed by atoms with Crippen LogP contribution in [0.15, 0.2) is 36.4 Å². The Bertz CT molecular complexity index is 613. The molecule has 2 aromatic rings. The third-order valence-corrected chi connectivity index (χ3v) is 4.57. The summed E-state index contributed by atoms with van der Waals surface area (Å²) in [7, 11) is 1.88. The van der Waals surface area contributed by atoms with Gasteiger partial charge in [0.15, 0.2) is 0 Å². The third-order valence-electron chi connectivity index (χ3n) is 3.14. The van der Waals surface area contributed by atoms with Gasteiger partial charge in [-0.1, -0.05) is 58.5 Å². The molecule has 20 heavy (non-hydrogen) atoms. The summed E-state index contributed by atoms with van der Waals surface area (Å²) in [6, 6.07) is 11.1. The van der Waals surface area contributed by atoms with E-state index in [-0.39, 0.29) is 6.04 Å². The first-order valence-electron chi connectivity index (χ1n) is 6.08. The first-order chi connectivity index (χ1) is 9.52. The molecular weight excluding hydrogens is 336 g/mol. The molecule has 5 heteroatoms. The smallest absolute Gasteiger partial charge is 0.0640 e. The van der Waals surface area contributed by atoms with E-state index >= 15 is 0 Å². The van der Waals surface area contributed by atoms with Crippen LogP contribution in [0.3, 0.4) is 0 Å². The Labute approximate surface area is 138 Å². The van der Waals surface area contributed by atoms with Gasteiger partial charge in [0, 0.05) is 16.1 Å². The van der Waals surface area contributed by atoms with Gasteiger partial charge in [0.1, 0.15) is 0 Å². The standard InChI is InChI=1S/C15H13Cl4N/c1-20-14(11-3-2-4-13(18)15(11)19)8-9-7-10(16)5-6-12(9)17/h2-7,14,20H,8H2,1H3. The van der Waals surface area contributed by atoms with E-state index in [2.05, 4.69) is 5.32 Å². The fourth-order valence-electron chi connectivity index (χ4n) is 2.08. The van der Waals surface area contributed by atoms with E-state index in [1.807, 2.05) is 25.2 Å². The quantitative estimate of drug-likeness (QED) is 0.735. The number of hydrogen-bond donors (Lipinski definition) is 1. The van der Waals surface area contributed by atoms with Crippen molar-refractivity contribution in [3.8, 4) is 0 Å². The largest absolute Gasteiger partial charge is 0.313 e.